The van der Waals surface area contributed by atoms with Crippen LogP contribution in [-0.4, -0.2) is 37.8 Å². The number of benzene rings is 1. The predicted octanol–water partition coefficient (Wildman–Crippen LogP) is 2.16. The Kier molecular flexibility index (Phi) is 5.39. The van der Waals surface area contributed by atoms with Crippen LogP contribution in [0.25, 0.3) is 0 Å². The standard InChI is InChI=1S/C14H19BrN2O3/c1-9(2)20-12-6-10(15)5-11(7-12)17-14(18)13-8-19-4-3-16-13/h5-7,9,13,16H,3-4,8H2,1-2H3,(H,17,18)/t13-/m1/s1. The largest absolute Gasteiger partial charge is 0.491 e. The molecule has 1 aliphatic rings. The third-order valence-electron chi connectivity index (χ3n) is 2.75. The van der Waals surface area contributed by atoms with Gasteiger partial charge in [0.1, 0.15) is 11.8 Å². The molecular formula is C14H19BrN2O3. The van der Waals surface area contributed by atoms with E-state index < -0.39 is 0 Å². The maximum absolute atomic E-state index is 12.1. The molecule has 0 aromatic heterocycles. The minimum absolute atomic E-state index is 0.0845. The van der Waals surface area contributed by atoms with E-state index in [0.717, 1.165) is 10.2 Å². The van der Waals surface area contributed by atoms with Crippen molar-refractivity contribution in [1.29, 1.82) is 0 Å². The smallest absolute Gasteiger partial charge is 0.243 e. The number of amides is 1. The number of hydrogen-bond acceptors (Lipinski definition) is 4. The Hall–Kier alpha value is -1.11. The summed E-state index contributed by atoms with van der Waals surface area (Å²) < 4.78 is 11.8. The van der Waals surface area contributed by atoms with Gasteiger partial charge in [0.05, 0.1) is 19.3 Å². The van der Waals surface area contributed by atoms with E-state index in [1.807, 2.05) is 32.0 Å². The van der Waals surface area contributed by atoms with Crippen LogP contribution in [0.2, 0.25) is 0 Å². The number of rotatable bonds is 4. The van der Waals surface area contributed by atoms with Crippen molar-refractivity contribution in [3.63, 3.8) is 0 Å². The molecule has 0 aliphatic carbocycles. The molecule has 1 aliphatic heterocycles. The lowest BCUT2D eigenvalue weighted by molar-refractivity contribution is -0.120. The molecule has 1 amide bonds. The molecule has 1 aromatic carbocycles. The highest BCUT2D eigenvalue weighted by atomic mass is 79.9. The van der Waals surface area contributed by atoms with E-state index >= 15 is 0 Å². The van der Waals surface area contributed by atoms with E-state index in [-0.39, 0.29) is 18.1 Å². The van der Waals surface area contributed by atoms with E-state index in [9.17, 15) is 4.79 Å². The van der Waals surface area contributed by atoms with Gasteiger partial charge in [-0.25, -0.2) is 0 Å². The summed E-state index contributed by atoms with van der Waals surface area (Å²) in [5, 5.41) is 6.00. The summed E-state index contributed by atoms with van der Waals surface area (Å²) in [5.74, 6) is 0.621. The molecule has 1 heterocycles. The van der Waals surface area contributed by atoms with E-state index in [1.165, 1.54) is 0 Å². The van der Waals surface area contributed by atoms with Crippen LogP contribution in [0.15, 0.2) is 22.7 Å². The zero-order chi connectivity index (χ0) is 14.5. The average molecular weight is 343 g/mol. The Balaban J connectivity index is 2.04. The van der Waals surface area contributed by atoms with Gasteiger partial charge in [0.2, 0.25) is 5.91 Å². The number of hydrogen-bond donors (Lipinski definition) is 2. The van der Waals surface area contributed by atoms with E-state index in [4.69, 9.17) is 9.47 Å². The van der Waals surface area contributed by atoms with Crippen LogP contribution >= 0.6 is 15.9 Å². The van der Waals surface area contributed by atoms with Crippen molar-refractivity contribution < 1.29 is 14.3 Å². The van der Waals surface area contributed by atoms with Crippen molar-refractivity contribution in [3.05, 3.63) is 22.7 Å². The van der Waals surface area contributed by atoms with Gasteiger partial charge < -0.3 is 20.1 Å². The van der Waals surface area contributed by atoms with Gasteiger partial charge >= 0.3 is 0 Å². The maximum Gasteiger partial charge on any atom is 0.243 e. The molecule has 1 aromatic rings. The summed E-state index contributed by atoms with van der Waals surface area (Å²) in [4.78, 5) is 12.1. The second-order valence-corrected chi connectivity index (χ2v) is 5.83. The van der Waals surface area contributed by atoms with Gasteiger partial charge in [0.15, 0.2) is 0 Å². The third kappa shape index (κ3) is 4.47. The van der Waals surface area contributed by atoms with Crippen molar-refractivity contribution in [2.45, 2.75) is 26.0 Å². The number of morpholine rings is 1. The topological polar surface area (TPSA) is 59.6 Å². The molecule has 1 saturated heterocycles. The lowest BCUT2D eigenvalue weighted by Crippen LogP contribution is -2.48. The van der Waals surface area contributed by atoms with E-state index in [0.29, 0.717) is 25.4 Å². The lowest BCUT2D eigenvalue weighted by Gasteiger charge is -2.23. The lowest BCUT2D eigenvalue weighted by atomic mass is 10.2. The second-order valence-electron chi connectivity index (χ2n) is 4.91. The normalized spacial score (nSPS) is 18.9. The number of carbonyl (C=O) groups excluding carboxylic acids is 1. The van der Waals surface area contributed by atoms with Gasteiger partial charge in [-0.1, -0.05) is 15.9 Å². The highest BCUT2D eigenvalue weighted by Crippen LogP contribution is 2.25. The quantitative estimate of drug-likeness (QED) is 0.880. The first kappa shape index (κ1) is 15.3. The van der Waals surface area contributed by atoms with Crippen LogP contribution in [0.3, 0.4) is 0 Å². The fourth-order valence-electron chi connectivity index (χ4n) is 1.94. The van der Waals surface area contributed by atoms with E-state index in [1.54, 1.807) is 0 Å². The van der Waals surface area contributed by atoms with Gasteiger partial charge in [0.25, 0.3) is 0 Å². The highest BCUT2D eigenvalue weighted by Gasteiger charge is 2.21. The van der Waals surface area contributed by atoms with Crippen molar-refractivity contribution >= 4 is 27.5 Å². The van der Waals surface area contributed by atoms with Crippen LogP contribution in [0, 0.1) is 0 Å². The van der Waals surface area contributed by atoms with Gasteiger partial charge in [0, 0.05) is 22.8 Å². The van der Waals surface area contributed by atoms with Crippen LogP contribution in [0.1, 0.15) is 13.8 Å². The molecule has 2 rings (SSSR count). The summed E-state index contributed by atoms with van der Waals surface area (Å²) >= 11 is 3.42. The fourth-order valence-corrected chi connectivity index (χ4v) is 2.41. The third-order valence-corrected chi connectivity index (χ3v) is 3.21. The molecule has 20 heavy (non-hydrogen) atoms. The van der Waals surface area contributed by atoms with Gasteiger partial charge in [-0.05, 0) is 26.0 Å². The van der Waals surface area contributed by atoms with Crippen LogP contribution < -0.4 is 15.4 Å². The zero-order valence-electron chi connectivity index (χ0n) is 11.6. The number of anilines is 1. The maximum atomic E-state index is 12.1. The summed E-state index contributed by atoms with van der Waals surface area (Å²) in [6.45, 7) is 5.66. The zero-order valence-corrected chi connectivity index (χ0v) is 13.2. The second kappa shape index (κ2) is 7.06. The molecule has 0 spiro atoms. The Bertz CT molecular complexity index is 473. The average Bonchev–Trinajstić information content (AvgIpc) is 2.38. The first-order chi connectivity index (χ1) is 9.54. The molecule has 0 bridgehead atoms. The summed E-state index contributed by atoms with van der Waals surface area (Å²) in [7, 11) is 0. The molecule has 5 nitrogen and oxygen atoms in total. The highest BCUT2D eigenvalue weighted by molar-refractivity contribution is 9.10. The Labute approximate surface area is 127 Å². The molecule has 1 atom stereocenters. The van der Waals surface area contributed by atoms with E-state index in [2.05, 4.69) is 26.6 Å². The molecule has 6 heteroatoms. The van der Waals surface area contributed by atoms with Crippen molar-refractivity contribution in [3.8, 4) is 5.75 Å². The number of ether oxygens (including phenoxy) is 2. The molecule has 0 unspecified atom stereocenters. The SMILES string of the molecule is CC(C)Oc1cc(Br)cc(NC(=O)[C@H]2COCCN2)c1. The molecule has 110 valence electrons. The minimum atomic E-state index is -0.308. The summed E-state index contributed by atoms with van der Waals surface area (Å²) in [5.41, 5.74) is 0.701. The molecule has 1 fully saturated rings. The van der Waals surface area contributed by atoms with Crippen LogP contribution in [0.5, 0.6) is 5.75 Å². The number of carbonyl (C=O) groups is 1. The van der Waals surface area contributed by atoms with Gasteiger partial charge in [-0.2, -0.15) is 0 Å². The molecule has 2 N–H and O–H groups in total. The van der Waals surface area contributed by atoms with Crippen molar-refractivity contribution in [1.82, 2.24) is 5.32 Å². The predicted molar refractivity (Wildman–Crippen MR) is 81.1 cm³/mol. The number of nitrogens with one attached hydrogen (secondary N) is 2. The van der Waals surface area contributed by atoms with Gasteiger partial charge in [-0.15, -0.1) is 0 Å². The monoisotopic (exact) mass is 342 g/mol. The molecular weight excluding hydrogens is 324 g/mol. The summed E-state index contributed by atoms with van der Waals surface area (Å²) in [6, 6.07) is 5.22. The number of halogens is 1. The summed E-state index contributed by atoms with van der Waals surface area (Å²) in [6.07, 6.45) is 0.0845. The van der Waals surface area contributed by atoms with Crippen molar-refractivity contribution in [2.24, 2.45) is 0 Å². The van der Waals surface area contributed by atoms with Crippen LogP contribution in [-0.2, 0) is 9.53 Å². The fraction of sp³-hybridized carbons (Fsp3) is 0.500. The van der Waals surface area contributed by atoms with Crippen molar-refractivity contribution in [2.75, 3.05) is 25.1 Å². The van der Waals surface area contributed by atoms with Crippen LogP contribution in [0.4, 0.5) is 5.69 Å². The minimum Gasteiger partial charge on any atom is -0.491 e. The van der Waals surface area contributed by atoms with Gasteiger partial charge in [-0.3, -0.25) is 4.79 Å². The Morgan fingerprint density at radius 2 is 2.30 bits per heavy atom. The Morgan fingerprint density at radius 3 is 2.95 bits per heavy atom. The first-order valence-electron chi connectivity index (χ1n) is 6.64. The first-order valence-corrected chi connectivity index (χ1v) is 7.43. The molecule has 0 radical (unpaired) electrons. The Morgan fingerprint density at radius 1 is 1.50 bits per heavy atom. The molecule has 0 saturated carbocycles.